The number of piperidine rings is 1. The van der Waals surface area contributed by atoms with Gasteiger partial charge in [-0.05, 0) is 39.3 Å². The van der Waals surface area contributed by atoms with Crippen molar-refractivity contribution < 1.29 is 0 Å². The number of likely N-dealkylation sites (tertiary alicyclic amines) is 1. The highest BCUT2D eigenvalue weighted by Gasteiger charge is 2.19. The zero-order valence-corrected chi connectivity index (χ0v) is 12.8. The van der Waals surface area contributed by atoms with Crippen LogP contribution in [-0.4, -0.2) is 40.6 Å². The quantitative estimate of drug-likeness (QED) is 0.887. The number of anilines is 1. The average Bonchev–Trinajstić information content (AvgIpc) is 2.67. The number of hydrogen-bond acceptors (Lipinski definition) is 3. The van der Waals surface area contributed by atoms with Crippen LogP contribution in [0, 0.1) is 12.8 Å². The number of nitrogens with zero attached hydrogens (tertiary/aromatic N) is 3. The normalized spacial score (nSPS) is 21.0. The third-order valence-electron chi connectivity index (χ3n) is 3.88. The Bertz CT molecular complexity index is 397. The molecule has 0 spiro atoms. The fraction of sp³-hybridized carbons (Fsp3) is 0.800. The minimum Gasteiger partial charge on any atom is -0.354 e. The molecule has 0 aliphatic carbocycles. The van der Waals surface area contributed by atoms with Crippen LogP contribution in [0.25, 0.3) is 0 Å². The summed E-state index contributed by atoms with van der Waals surface area (Å²) in [7, 11) is 2.23. The Balaban J connectivity index is 1.94. The molecule has 1 aromatic heterocycles. The molecule has 1 aliphatic rings. The van der Waals surface area contributed by atoms with Gasteiger partial charge in [-0.2, -0.15) is 0 Å². The van der Waals surface area contributed by atoms with E-state index in [4.69, 9.17) is 0 Å². The van der Waals surface area contributed by atoms with Crippen LogP contribution < -0.4 is 5.32 Å². The predicted molar refractivity (Wildman–Crippen MR) is 80.6 cm³/mol. The van der Waals surface area contributed by atoms with Crippen LogP contribution in [0.15, 0.2) is 6.20 Å². The van der Waals surface area contributed by atoms with Gasteiger partial charge in [-0.1, -0.05) is 20.3 Å². The SMILES string of the molecule is Cc1cn(CC(C)C)c(NCC2CCCCN2C)n1. The molecule has 1 unspecified atom stereocenters. The highest BCUT2D eigenvalue weighted by molar-refractivity contribution is 5.29. The van der Waals surface area contributed by atoms with E-state index in [1.165, 1.54) is 25.8 Å². The fourth-order valence-electron chi connectivity index (χ4n) is 2.83. The van der Waals surface area contributed by atoms with Gasteiger partial charge in [0.05, 0.1) is 5.69 Å². The number of rotatable bonds is 5. The minimum atomic E-state index is 0.645. The van der Waals surface area contributed by atoms with Crippen molar-refractivity contribution in [2.45, 2.75) is 52.6 Å². The van der Waals surface area contributed by atoms with Crippen LogP contribution in [0.3, 0.4) is 0 Å². The molecule has 2 rings (SSSR count). The lowest BCUT2D eigenvalue weighted by Crippen LogP contribution is -2.41. The van der Waals surface area contributed by atoms with Gasteiger partial charge in [0, 0.05) is 25.3 Å². The summed E-state index contributed by atoms with van der Waals surface area (Å²) >= 11 is 0. The first kappa shape index (κ1) is 14.4. The van der Waals surface area contributed by atoms with Gasteiger partial charge in [-0.15, -0.1) is 0 Å². The number of nitrogens with one attached hydrogen (secondary N) is 1. The molecule has 1 N–H and O–H groups in total. The molecule has 108 valence electrons. The van der Waals surface area contributed by atoms with Crippen LogP contribution >= 0.6 is 0 Å². The number of likely N-dealkylation sites (N-methyl/N-ethyl adjacent to an activating group) is 1. The Morgan fingerprint density at radius 1 is 1.42 bits per heavy atom. The van der Waals surface area contributed by atoms with E-state index in [1.54, 1.807) is 0 Å². The molecule has 0 radical (unpaired) electrons. The molecule has 1 aromatic rings. The monoisotopic (exact) mass is 264 g/mol. The summed E-state index contributed by atoms with van der Waals surface area (Å²) < 4.78 is 2.25. The molecule has 1 atom stereocenters. The van der Waals surface area contributed by atoms with Crippen LogP contribution in [0.1, 0.15) is 38.8 Å². The van der Waals surface area contributed by atoms with Crippen LogP contribution in [0.2, 0.25) is 0 Å². The van der Waals surface area contributed by atoms with Gasteiger partial charge in [-0.25, -0.2) is 4.98 Å². The molecule has 2 heterocycles. The molecule has 1 fully saturated rings. The molecular formula is C15H28N4. The molecule has 1 aliphatic heterocycles. The third kappa shape index (κ3) is 3.96. The summed E-state index contributed by atoms with van der Waals surface area (Å²) in [5.41, 5.74) is 1.10. The van der Waals surface area contributed by atoms with Gasteiger partial charge in [0.25, 0.3) is 0 Å². The summed E-state index contributed by atoms with van der Waals surface area (Å²) in [5, 5.41) is 3.55. The van der Waals surface area contributed by atoms with Crippen molar-refractivity contribution in [3.63, 3.8) is 0 Å². The first-order valence-electron chi connectivity index (χ1n) is 7.54. The highest BCUT2D eigenvalue weighted by Crippen LogP contribution is 2.17. The second kappa shape index (κ2) is 6.42. The lowest BCUT2D eigenvalue weighted by molar-refractivity contribution is 0.194. The predicted octanol–water partition coefficient (Wildman–Crippen LogP) is 2.74. The maximum Gasteiger partial charge on any atom is 0.203 e. The number of aryl methyl sites for hydroxylation is 1. The number of imidazole rings is 1. The molecule has 0 bridgehead atoms. The average molecular weight is 264 g/mol. The van der Waals surface area contributed by atoms with E-state index in [-0.39, 0.29) is 0 Å². The van der Waals surface area contributed by atoms with Crippen LogP contribution in [0.5, 0.6) is 0 Å². The summed E-state index contributed by atoms with van der Waals surface area (Å²) in [4.78, 5) is 7.08. The summed E-state index contributed by atoms with van der Waals surface area (Å²) in [6.07, 6.45) is 6.14. The first-order chi connectivity index (χ1) is 9.06. The minimum absolute atomic E-state index is 0.645. The van der Waals surface area contributed by atoms with Crippen molar-refractivity contribution in [2.75, 3.05) is 25.5 Å². The molecule has 4 heteroatoms. The lowest BCUT2D eigenvalue weighted by atomic mass is 10.0. The second-order valence-electron chi connectivity index (χ2n) is 6.26. The maximum atomic E-state index is 4.61. The van der Waals surface area contributed by atoms with Crippen molar-refractivity contribution in [3.05, 3.63) is 11.9 Å². The second-order valence-corrected chi connectivity index (χ2v) is 6.26. The van der Waals surface area contributed by atoms with Crippen LogP contribution in [0.4, 0.5) is 5.95 Å². The molecular weight excluding hydrogens is 236 g/mol. The Kier molecular flexibility index (Phi) is 4.86. The van der Waals surface area contributed by atoms with E-state index in [0.717, 1.165) is 24.7 Å². The Morgan fingerprint density at radius 3 is 2.89 bits per heavy atom. The van der Waals surface area contributed by atoms with Gasteiger partial charge in [-0.3, -0.25) is 0 Å². The standard InChI is InChI=1S/C15H28N4/c1-12(2)10-19-11-13(3)17-15(19)16-9-14-7-5-6-8-18(14)4/h11-12,14H,5-10H2,1-4H3,(H,16,17). The zero-order valence-electron chi connectivity index (χ0n) is 12.8. The first-order valence-corrected chi connectivity index (χ1v) is 7.54. The van der Waals surface area contributed by atoms with Crippen molar-refractivity contribution in [1.29, 1.82) is 0 Å². The number of hydrogen-bond donors (Lipinski definition) is 1. The topological polar surface area (TPSA) is 33.1 Å². The van der Waals surface area contributed by atoms with Crippen LogP contribution in [-0.2, 0) is 6.54 Å². The van der Waals surface area contributed by atoms with E-state index >= 15 is 0 Å². The summed E-state index contributed by atoms with van der Waals surface area (Å²) in [5.74, 6) is 1.68. The highest BCUT2D eigenvalue weighted by atomic mass is 15.2. The molecule has 19 heavy (non-hydrogen) atoms. The van der Waals surface area contributed by atoms with Gasteiger partial charge in [0.2, 0.25) is 5.95 Å². The molecule has 0 amide bonds. The lowest BCUT2D eigenvalue weighted by Gasteiger charge is -2.32. The number of aromatic nitrogens is 2. The fourth-order valence-corrected chi connectivity index (χ4v) is 2.83. The van der Waals surface area contributed by atoms with Crippen molar-refractivity contribution in [2.24, 2.45) is 5.92 Å². The largest absolute Gasteiger partial charge is 0.354 e. The van der Waals surface area contributed by atoms with E-state index in [1.807, 2.05) is 0 Å². The van der Waals surface area contributed by atoms with Gasteiger partial charge < -0.3 is 14.8 Å². The molecule has 0 saturated carbocycles. The Hall–Kier alpha value is -1.03. The van der Waals surface area contributed by atoms with E-state index in [0.29, 0.717) is 12.0 Å². The van der Waals surface area contributed by atoms with Gasteiger partial charge in [0.1, 0.15) is 0 Å². The third-order valence-corrected chi connectivity index (χ3v) is 3.88. The van der Waals surface area contributed by atoms with Crippen molar-refractivity contribution in [1.82, 2.24) is 14.5 Å². The van der Waals surface area contributed by atoms with E-state index < -0.39 is 0 Å². The molecule has 0 aromatic carbocycles. The maximum absolute atomic E-state index is 4.61. The van der Waals surface area contributed by atoms with Gasteiger partial charge >= 0.3 is 0 Å². The smallest absolute Gasteiger partial charge is 0.203 e. The van der Waals surface area contributed by atoms with E-state index in [9.17, 15) is 0 Å². The van der Waals surface area contributed by atoms with E-state index in [2.05, 4.69) is 53.8 Å². The Morgan fingerprint density at radius 2 is 2.21 bits per heavy atom. The summed E-state index contributed by atoms with van der Waals surface area (Å²) in [6.45, 7) is 9.82. The zero-order chi connectivity index (χ0) is 13.8. The molecule has 4 nitrogen and oxygen atoms in total. The van der Waals surface area contributed by atoms with Gasteiger partial charge in [0.15, 0.2) is 0 Å². The molecule has 1 saturated heterocycles. The summed E-state index contributed by atoms with van der Waals surface area (Å²) in [6, 6.07) is 0.651. The Labute approximate surface area is 117 Å². The van der Waals surface area contributed by atoms with Crippen molar-refractivity contribution >= 4 is 5.95 Å². The van der Waals surface area contributed by atoms with Crippen molar-refractivity contribution in [3.8, 4) is 0 Å².